The topological polar surface area (TPSA) is 30.7 Å². The van der Waals surface area contributed by atoms with Crippen molar-refractivity contribution in [1.82, 2.24) is 14.5 Å². The predicted molar refractivity (Wildman–Crippen MR) is 253 cm³/mol. The van der Waals surface area contributed by atoms with Crippen LogP contribution >= 0.6 is 0 Å². The quantitative estimate of drug-likeness (QED) is 0.163. The van der Waals surface area contributed by atoms with E-state index in [1.165, 1.54) is 81.7 Å². The number of fused-ring (bicyclic) bond motifs is 10. The summed E-state index contributed by atoms with van der Waals surface area (Å²) in [5, 5.41) is 12.3. The Morgan fingerprint density at radius 2 is 0.917 bits per heavy atom. The third-order valence-electron chi connectivity index (χ3n) is 12.3. The van der Waals surface area contributed by atoms with Gasteiger partial charge >= 0.3 is 0 Å². The SMILES string of the molecule is Cc1ccc(-c2ccc3c(c2)c2cc4c5ccccc5c5cc(-c6cccc7ccccc67)ccc5c4cc2n3-c2cc(-c3ccccc3)nc(-c3ccccc3)n2)cc1. The standard InChI is InChI=1S/C57H37N3/c1-36-23-25-37(26-24-36)41-28-30-54-51(31-41)52-33-49-46-21-11-10-20-45(46)48-32-42(44-22-12-18-38-13-8-9-19-43(38)44)27-29-47(48)50(49)34-55(52)60(54)56-35-53(39-14-4-2-5-15-39)58-57(59-56)40-16-6-3-7-17-40/h2-35H,1H3. The maximum Gasteiger partial charge on any atom is 0.162 e. The predicted octanol–water partition coefficient (Wildman–Crippen LogP) is 15.2. The highest BCUT2D eigenvalue weighted by Gasteiger charge is 2.20. The summed E-state index contributed by atoms with van der Waals surface area (Å²) < 4.78 is 2.36. The summed E-state index contributed by atoms with van der Waals surface area (Å²) in [4.78, 5) is 10.5. The monoisotopic (exact) mass is 763 g/mol. The summed E-state index contributed by atoms with van der Waals surface area (Å²) >= 11 is 0. The summed E-state index contributed by atoms with van der Waals surface area (Å²) in [6.07, 6.45) is 0. The average Bonchev–Trinajstić information content (AvgIpc) is 3.64. The molecule has 60 heavy (non-hydrogen) atoms. The minimum Gasteiger partial charge on any atom is -0.294 e. The van der Waals surface area contributed by atoms with Gasteiger partial charge in [-0.1, -0.05) is 175 Å². The first kappa shape index (κ1) is 34.2. The van der Waals surface area contributed by atoms with Crippen LogP contribution in [0.25, 0.3) is 116 Å². The van der Waals surface area contributed by atoms with Gasteiger partial charge in [0, 0.05) is 28.0 Å². The molecule has 0 amide bonds. The molecule has 12 rings (SSSR count). The lowest BCUT2D eigenvalue weighted by molar-refractivity contribution is 1.05. The summed E-state index contributed by atoms with van der Waals surface area (Å²) in [6.45, 7) is 2.14. The number of hydrogen-bond acceptors (Lipinski definition) is 2. The molecule has 10 aromatic carbocycles. The Hall–Kier alpha value is -7.88. The molecule has 0 atom stereocenters. The number of benzene rings is 10. The summed E-state index contributed by atoms with van der Waals surface area (Å²) in [5.41, 5.74) is 11.2. The van der Waals surface area contributed by atoms with Gasteiger partial charge in [-0.2, -0.15) is 0 Å². The van der Waals surface area contributed by atoms with Crippen molar-refractivity contribution in [3.05, 3.63) is 212 Å². The summed E-state index contributed by atoms with van der Waals surface area (Å²) in [6, 6.07) is 74.7. The van der Waals surface area contributed by atoms with Gasteiger partial charge in [0.1, 0.15) is 5.82 Å². The highest BCUT2D eigenvalue weighted by Crippen LogP contribution is 2.43. The molecular weight excluding hydrogens is 727 g/mol. The first-order valence-corrected chi connectivity index (χ1v) is 20.6. The second-order valence-electron chi connectivity index (χ2n) is 15.8. The third-order valence-corrected chi connectivity index (χ3v) is 12.3. The molecule has 0 unspecified atom stereocenters. The Morgan fingerprint density at radius 1 is 0.333 bits per heavy atom. The van der Waals surface area contributed by atoms with Crippen LogP contribution in [0.1, 0.15) is 5.56 Å². The van der Waals surface area contributed by atoms with Gasteiger partial charge in [-0.15, -0.1) is 0 Å². The Labute approximate surface area is 347 Å². The number of rotatable bonds is 5. The van der Waals surface area contributed by atoms with Crippen LogP contribution in [0.5, 0.6) is 0 Å². The second kappa shape index (κ2) is 13.6. The molecule has 2 heterocycles. The van der Waals surface area contributed by atoms with Crippen molar-refractivity contribution >= 4 is 64.9 Å². The molecule has 3 heteroatoms. The van der Waals surface area contributed by atoms with Gasteiger partial charge in [0.2, 0.25) is 0 Å². The van der Waals surface area contributed by atoms with E-state index in [2.05, 4.69) is 193 Å². The van der Waals surface area contributed by atoms with Crippen LogP contribution in [0.3, 0.4) is 0 Å². The van der Waals surface area contributed by atoms with Crippen LogP contribution in [0.2, 0.25) is 0 Å². The average molecular weight is 764 g/mol. The van der Waals surface area contributed by atoms with Crippen molar-refractivity contribution in [3.63, 3.8) is 0 Å². The van der Waals surface area contributed by atoms with Gasteiger partial charge < -0.3 is 0 Å². The molecule has 0 aliphatic rings. The highest BCUT2D eigenvalue weighted by atomic mass is 15.1. The van der Waals surface area contributed by atoms with Gasteiger partial charge in [-0.3, -0.25) is 4.57 Å². The van der Waals surface area contributed by atoms with Crippen molar-refractivity contribution in [2.24, 2.45) is 0 Å². The van der Waals surface area contributed by atoms with Crippen molar-refractivity contribution < 1.29 is 0 Å². The van der Waals surface area contributed by atoms with E-state index in [-0.39, 0.29) is 0 Å². The van der Waals surface area contributed by atoms with E-state index in [1.807, 2.05) is 24.3 Å². The molecule has 0 bridgehead atoms. The van der Waals surface area contributed by atoms with Crippen LogP contribution in [-0.2, 0) is 0 Å². The van der Waals surface area contributed by atoms with E-state index < -0.39 is 0 Å². The minimum atomic E-state index is 0.691. The lowest BCUT2D eigenvalue weighted by Gasteiger charge is -2.15. The maximum atomic E-state index is 5.38. The maximum absolute atomic E-state index is 5.38. The van der Waals surface area contributed by atoms with E-state index in [0.29, 0.717) is 5.82 Å². The van der Waals surface area contributed by atoms with Crippen LogP contribution in [0.15, 0.2) is 206 Å². The normalized spacial score (nSPS) is 11.8. The van der Waals surface area contributed by atoms with E-state index in [1.54, 1.807) is 0 Å². The highest BCUT2D eigenvalue weighted by molar-refractivity contribution is 6.29. The van der Waals surface area contributed by atoms with Gasteiger partial charge in [0.05, 0.1) is 16.7 Å². The van der Waals surface area contributed by atoms with Crippen LogP contribution in [-0.4, -0.2) is 14.5 Å². The molecule has 0 N–H and O–H groups in total. The van der Waals surface area contributed by atoms with E-state index in [4.69, 9.17) is 9.97 Å². The lowest BCUT2D eigenvalue weighted by Crippen LogP contribution is -2.02. The van der Waals surface area contributed by atoms with E-state index >= 15 is 0 Å². The van der Waals surface area contributed by atoms with Gasteiger partial charge in [0.25, 0.3) is 0 Å². The first-order valence-electron chi connectivity index (χ1n) is 20.6. The molecule has 0 radical (unpaired) electrons. The Balaban J connectivity index is 1.19. The molecule has 2 aromatic heterocycles. The number of aromatic nitrogens is 3. The third kappa shape index (κ3) is 5.51. The molecule has 280 valence electrons. The second-order valence-corrected chi connectivity index (χ2v) is 15.8. The van der Waals surface area contributed by atoms with Crippen LogP contribution < -0.4 is 0 Å². The number of nitrogens with zero attached hydrogens (tertiary/aromatic N) is 3. The summed E-state index contributed by atoms with van der Waals surface area (Å²) in [7, 11) is 0. The Bertz CT molecular complexity index is 3580. The molecular formula is C57H37N3. The lowest BCUT2D eigenvalue weighted by atomic mass is 9.90. The van der Waals surface area contributed by atoms with Gasteiger partial charge in [-0.05, 0) is 103 Å². The van der Waals surface area contributed by atoms with E-state index in [0.717, 1.165) is 33.7 Å². The molecule has 0 saturated carbocycles. The molecule has 12 aromatic rings. The number of hydrogen-bond donors (Lipinski definition) is 0. The minimum absolute atomic E-state index is 0.691. The molecule has 3 nitrogen and oxygen atoms in total. The van der Waals surface area contributed by atoms with Gasteiger partial charge in [-0.25, -0.2) is 9.97 Å². The van der Waals surface area contributed by atoms with Crippen LogP contribution in [0.4, 0.5) is 0 Å². The summed E-state index contributed by atoms with van der Waals surface area (Å²) in [5.74, 6) is 1.52. The van der Waals surface area contributed by atoms with Crippen molar-refractivity contribution in [3.8, 4) is 50.7 Å². The van der Waals surface area contributed by atoms with Crippen molar-refractivity contribution in [2.75, 3.05) is 0 Å². The fraction of sp³-hybridized carbons (Fsp3) is 0.0175. The zero-order chi connectivity index (χ0) is 39.7. The molecule has 0 aliphatic heterocycles. The molecule has 0 saturated heterocycles. The van der Waals surface area contributed by atoms with Crippen molar-refractivity contribution in [1.29, 1.82) is 0 Å². The molecule has 0 fully saturated rings. The zero-order valence-electron chi connectivity index (χ0n) is 33.0. The zero-order valence-corrected chi connectivity index (χ0v) is 33.0. The van der Waals surface area contributed by atoms with Crippen LogP contribution in [0, 0.1) is 6.92 Å². The smallest absolute Gasteiger partial charge is 0.162 e. The Kier molecular flexibility index (Phi) is 7.76. The van der Waals surface area contributed by atoms with Crippen molar-refractivity contribution in [2.45, 2.75) is 6.92 Å². The molecule has 0 aliphatic carbocycles. The fourth-order valence-electron chi connectivity index (χ4n) is 9.31. The van der Waals surface area contributed by atoms with Gasteiger partial charge in [0.15, 0.2) is 5.82 Å². The van der Waals surface area contributed by atoms with E-state index in [9.17, 15) is 0 Å². The fourth-order valence-corrected chi connectivity index (χ4v) is 9.31. The first-order chi connectivity index (χ1) is 29.6. The Morgan fingerprint density at radius 3 is 1.70 bits per heavy atom. The number of aryl methyl sites for hydroxylation is 1. The molecule has 0 spiro atoms. The largest absolute Gasteiger partial charge is 0.294 e.